The third kappa shape index (κ3) is 8.09. The fourth-order valence-electron chi connectivity index (χ4n) is 3.72. The highest BCUT2D eigenvalue weighted by Gasteiger charge is 2.26. The number of nitrogens with zero attached hydrogens (tertiary/aromatic N) is 5. The van der Waals surface area contributed by atoms with Crippen LogP contribution in [0.15, 0.2) is 30.7 Å². The molecule has 0 unspecified atom stereocenters. The van der Waals surface area contributed by atoms with E-state index in [9.17, 15) is 9.59 Å². The largest absolute Gasteiger partial charge is 0.479 e. The average Bonchev–Trinajstić information content (AvgIpc) is 3.41. The zero-order chi connectivity index (χ0) is 29.4. The number of rotatable bonds is 13. The molecule has 2 atom stereocenters. The second kappa shape index (κ2) is 13.2. The first-order valence-electron chi connectivity index (χ1n) is 12.7. The summed E-state index contributed by atoms with van der Waals surface area (Å²) in [5, 5.41) is 14.2. The van der Waals surface area contributed by atoms with Crippen LogP contribution in [0.4, 0.5) is 21.7 Å². The molecule has 0 aromatic carbocycles. The van der Waals surface area contributed by atoms with Gasteiger partial charge in [0.1, 0.15) is 17.1 Å². The van der Waals surface area contributed by atoms with Crippen LogP contribution in [0.25, 0.3) is 5.69 Å². The molecule has 0 aliphatic heterocycles. The van der Waals surface area contributed by atoms with E-state index in [1.54, 1.807) is 26.8 Å². The lowest BCUT2D eigenvalue weighted by Crippen LogP contribution is -2.36. The maximum atomic E-state index is 15.2. The van der Waals surface area contributed by atoms with E-state index in [4.69, 9.17) is 19.9 Å². The first-order valence-corrected chi connectivity index (χ1v) is 12.7. The van der Waals surface area contributed by atoms with Gasteiger partial charge in [-0.05, 0) is 45.7 Å². The number of aromatic nitrogens is 5. The van der Waals surface area contributed by atoms with E-state index in [1.807, 2.05) is 13.8 Å². The summed E-state index contributed by atoms with van der Waals surface area (Å²) in [6.07, 6.45) is 4.49. The Kier molecular flexibility index (Phi) is 9.93. The summed E-state index contributed by atoms with van der Waals surface area (Å²) in [6.45, 7) is 9.59. The van der Waals surface area contributed by atoms with E-state index < -0.39 is 29.3 Å². The molecule has 4 N–H and O–H groups in total. The number of esters is 1. The normalized spacial score (nSPS) is 12.9. The second-order valence-corrected chi connectivity index (χ2v) is 9.95. The fourth-order valence-corrected chi connectivity index (χ4v) is 3.72. The standard InChI is InChI=1S/C26H35FN8O5/c1-7-39-14-19(15(2)10-21(36)40-26(3,4)5)33-24-18(27)12-17(22(28)37)23(34-24)32-16-11-20(25(38-6)29-13-16)35-30-8-9-31-35/h8-9,11-13,15,19H,7,10,14H2,1-6H3,(H2,28,37)(H2,32,33,34)/t15-,19-/m1/s1. The summed E-state index contributed by atoms with van der Waals surface area (Å²) in [4.78, 5) is 34.5. The van der Waals surface area contributed by atoms with Crippen molar-refractivity contribution in [2.24, 2.45) is 11.7 Å². The summed E-state index contributed by atoms with van der Waals surface area (Å²) in [5.41, 5.74) is 5.49. The van der Waals surface area contributed by atoms with Gasteiger partial charge in [-0.2, -0.15) is 10.2 Å². The zero-order valence-corrected chi connectivity index (χ0v) is 23.4. The number of nitrogens with two attached hydrogens (primary N) is 1. The maximum absolute atomic E-state index is 15.2. The van der Waals surface area contributed by atoms with Gasteiger partial charge in [-0.25, -0.2) is 14.4 Å². The van der Waals surface area contributed by atoms with Crippen LogP contribution in [-0.2, 0) is 14.3 Å². The highest BCUT2D eigenvalue weighted by Crippen LogP contribution is 2.28. The number of amides is 1. The number of methoxy groups -OCH3 is 1. The van der Waals surface area contributed by atoms with E-state index in [-0.39, 0.29) is 42.0 Å². The number of carbonyl (C=O) groups is 2. The lowest BCUT2D eigenvalue weighted by Gasteiger charge is -2.27. The van der Waals surface area contributed by atoms with Crippen molar-refractivity contribution < 1.29 is 28.2 Å². The van der Waals surface area contributed by atoms with Gasteiger partial charge in [0.2, 0.25) is 5.88 Å². The monoisotopic (exact) mass is 558 g/mol. The number of nitrogens with one attached hydrogen (secondary N) is 2. The first kappa shape index (κ1) is 30.2. The van der Waals surface area contributed by atoms with Gasteiger partial charge in [-0.3, -0.25) is 9.59 Å². The van der Waals surface area contributed by atoms with Crippen LogP contribution in [0.3, 0.4) is 0 Å². The molecule has 0 saturated heterocycles. The van der Waals surface area contributed by atoms with E-state index in [2.05, 4.69) is 30.8 Å². The quantitative estimate of drug-likeness (QED) is 0.263. The summed E-state index contributed by atoms with van der Waals surface area (Å²) in [6, 6.07) is 2.10. The predicted octanol–water partition coefficient (Wildman–Crippen LogP) is 3.23. The van der Waals surface area contributed by atoms with Gasteiger partial charge >= 0.3 is 5.97 Å². The van der Waals surface area contributed by atoms with Gasteiger partial charge in [0.25, 0.3) is 5.91 Å². The third-order valence-corrected chi connectivity index (χ3v) is 5.58. The Bertz CT molecular complexity index is 1310. The van der Waals surface area contributed by atoms with Crippen molar-refractivity contribution in [2.75, 3.05) is 31.0 Å². The Balaban J connectivity index is 1.92. The number of primary amides is 1. The number of ether oxygens (including phenoxy) is 3. The van der Waals surface area contributed by atoms with Crippen molar-refractivity contribution in [3.8, 4) is 11.6 Å². The Labute approximate surface area is 231 Å². The van der Waals surface area contributed by atoms with E-state index in [1.165, 1.54) is 30.5 Å². The molecule has 13 nitrogen and oxygen atoms in total. The molecular weight excluding hydrogens is 523 g/mol. The average molecular weight is 559 g/mol. The highest BCUT2D eigenvalue weighted by molar-refractivity contribution is 5.98. The molecule has 40 heavy (non-hydrogen) atoms. The number of halogens is 1. The molecule has 3 aromatic rings. The third-order valence-electron chi connectivity index (χ3n) is 5.58. The molecule has 0 radical (unpaired) electrons. The Morgan fingerprint density at radius 1 is 1.18 bits per heavy atom. The van der Waals surface area contributed by atoms with E-state index in [0.717, 1.165) is 6.07 Å². The van der Waals surface area contributed by atoms with Crippen LogP contribution in [0, 0.1) is 11.7 Å². The topological polar surface area (TPSA) is 168 Å². The lowest BCUT2D eigenvalue weighted by molar-refractivity contribution is -0.156. The van der Waals surface area contributed by atoms with Crippen LogP contribution in [0.5, 0.6) is 5.88 Å². The molecule has 3 aromatic heterocycles. The molecule has 3 rings (SSSR count). The van der Waals surface area contributed by atoms with E-state index >= 15 is 4.39 Å². The number of hydrogen-bond donors (Lipinski definition) is 3. The first-order chi connectivity index (χ1) is 18.9. The van der Waals surface area contributed by atoms with Crippen molar-refractivity contribution in [1.82, 2.24) is 25.0 Å². The van der Waals surface area contributed by atoms with Crippen molar-refractivity contribution in [2.45, 2.75) is 52.7 Å². The highest BCUT2D eigenvalue weighted by atomic mass is 19.1. The number of carbonyl (C=O) groups excluding carboxylic acids is 2. The van der Waals surface area contributed by atoms with Gasteiger partial charge in [-0.15, -0.1) is 4.80 Å². The van der Waals surface area contributed by atoms with Crippen molar-refractivity contribution >= 4 is 29.2 Å². The van der Waals surface area contributed by atoms with Crippen LogP contribution >= 0.6 is 0 Å². The van der Waals surface area contributed by atoms with Gasteiger partial charge < -0.3 is 30.6 Å². The SMILES string of the molecule is CCOC[C@@H](Nc1nc(Nc2cnc(OC)c(-n3nccn3)c2)c(C(N)=O)cc1F)[C@H](C)CC(=O)OC(C)(C)C. The van der Waals surface area contributed by atoms with Crippen molar-refractivity contribution in [3.05, 3.63) is 42.1 Å². The van der Waals surface area contributed by atoms with Crippen molar-refractivity contribution in [3.63, 3.8) is 0 Å². The van der Waals surface area contributed by atoms with Gasteiger partial charge in [-0.1, -0.05) is 6.92 Å². The summed E-state index contributed by atoms with van der Waals surface area (Å²) in [5.74, 6) is -2.33. The Morgan fingerprint density at radius 3 is 2.48 bits per heavy atom. The molecule has 1 amide bonds. The minimum absolute atomic E-state index is 0.0160. The molecule has 0 saturated carbocycles. The summed E-state index contributed by atoms with van der Waals surface area (Å²) >= 11 is 0. The molecule has 216 valence electrons. The Hall–Kier alpha value is -4.33. The summed E-state index contributed by atoms with van der Waals surface area (Å²) in [7, 11) is 1.45. The molecule has 0 fully saturated rings. The molecule has 0 aliphatic rings. The molecule has 0 aliphatic carbocycles. The van der Waals surface area contributed by atoms with Crippen molar-refractivity contribution in [1.29, 1.82) is 0 Å². The molecular formula is C26H35FN8O5. The van der Waals surface area contributed by atoms with Crippen LogP contribution in [-0.4, -0.2) is 68.8 Å². The molecule has 0 spiro atoms. The minimum atomic E-state index is -0.889. The van der Waals surface area contributed by atoms with Crippen LogP contribution < -0.4 is 21.1 Å². The van der Waals surface area contributed by atoms with Gasteiger partial charge in [0.05, 0.1) is 56.0 Å². The van der Waals surface area contributed by atoms with E-state index in [0.29, 0.717) is 18.0 Å². The van der Waals surface area contributed by atoms with Crippen LogP contribution in [0.1, 0.15) is 51.4 Å². The minimum Gasteiger partial charge on any atom is -0.479 e. The predicted molar refractivity (Wildman–Crippen MR) is 145 cm³/mol. The van der Waals surface area contributed by atoms with Crippen LogP contribution in [0.2, 0.25) is 0 Å². The van der Waals surface area contributed by atoms with Gasteiger partial charge in [0.15, 0.2) is 11.6 Å². The van der Waals surface area contributed by atoms with Gasteiger partial charge in [0, 0.05) is 6.61 Å². The summed E-state index contributed by atoms with van der Waals surface area (Å²) < 4.78 is 31.5. The lowest BCUT2D eigenvalue weighted by atomic mass is 9.98. The fraction of sp³-hybridized carbons (Fsp3) is 0.462. The number of anilines is 3. The smallest absolute Gasteiger partial charge is 0.306 e. The number of pyridine rings is 2. The second-order valence-electron chi connectivity index (χ2n) is 9.95. The Morgan fingerprint density at radius 2 is 1.88 bits per heavy atom. The molecule has 0 bridgehead atoms. The maximum Gasteiger partial charge on any atom is 0.306 e. The number of hydrogen-bond acceptors (Lipinski definition) is 11. The molecule has 3 heterocycles. The zero-order valence-electron chi connectivity index (χ0n) is 23.4. The molecule has 14 heteroatoms.